The molecule has 0 radical (unpaired) electrons. The van der Waals surface area contributed by atoms with Crippen molar-refractivity contribution >= 4 is 5.91 Å². The zero-order valence-electron chi connectivity index (χ0n) is 15.2. The third-order valence-electron chi connectivity index (χ3n) is 4.52. The molecule has 2 rings (SSSR count). The number of aliphatic hydroxyl groups is 1. The fourth-order valence-electron chi connectivity index (χ4n) is 3.33. The largest absolute Gasteiger partial charge is 0.406 e. The van der Waals surface area contributed by atoms with E-state index in [2.05, 4.69) is 10.1 Å². The van der Waals surface area contributed by atoms with E-state index in [0.717, 1.165) is 37.0 Å². The van der Waals surface area contributed by atoms with Crippen molar-refractivity contribution in [2.45, 2.75) is 64.8 Å². The van der Waals surface area contributed by atoms with Crippen molar-refractivity contribution in [1.29, 1.82) is 0 Å². The lowest BCUT2D eigenvalue weighted by Crippen LogP contribution is -2.42. The summed E-state index contributed by atoms with van der Waals surface area (Å²) < 4.78 is 39.3. The van der Waals surface area contributed by atoms with E-state index in [-0.39, 0.29) is 30.7 Å². The summed E-state index contributed by atoms with van der Waals surface area (Å²) in [4.78, 5) is 17.1. The van der Waals surface area contributed by atoms with Crippen molar-refractivity contribution in [1.82, 2.24) is 19.7 Å². The first-order valence-corrected chi connectivity index (χ1v) is 9.07. The number of nitrogens with zero attached hydrogens (tertiary/aromatic N) is 4. The third kappa shape index (κ3) is 6.26. The van der Waals surface area contributed by atoms with E-state index in [9.17, 15) is 23.1 Å². The molecule has 1 N–H and O–H groups in total. The van der Waals surface area contributed by atoms with Crippen LogP contribution < -0.4 is 0 Å². The van der Waals surface area contributed by atoms with Crippen LogP contribution in [0.2, 0.25) is 0 Å². The van der Waals surface area contributed by atoms with E-state index >= 15 is 0 Å². The molecule has 0 aromatic carbocycles. The smallest absolute Gasteiger partial charge is 0.385 e. The Kier molecular flexibility index (Phi) is 7.02. The lowest BCUT2D eigenvalue weighted by atomic mass is 9.85. The summed E-state index contributed by atoms with van der Waals surface area (Å²) in [5.74, 6) is -0.422. The number of aliphatic hydroxyl groups excluding tert-OH is 1. The molecular weight excluding hydrogens is 349 g/mol. The minimum Gasteiger partial charge on any atom is -0.385 e. The van der Waals surface area contributed by atoms with Gasteiger partial charge < -0.3 is 10.0 Å². The minimum atomic E-state index is -4.45. The van der Waals surface area contributed by atoms with Crippen LogP contribution in [0, 0.1) is 11.8 Å². The van der Waals surface area contributed by atoms with Crippen LogP contribution in [0.5, 0.6) is 0 Å². The van der Waals surface area contributed by atoms with Crippen LogP contribution in [-0.2, 0) is 11.3 Å². The number of carbonyl (C=O) groups is 1. The summed E-state index contributed by atoms with van der Waals surface area (Å²) in [6.45, 7) is 1.92. The van der Waals surface area contributed by atoms with Gasteiger partial charge in [0.2, 0.25) is 5.91 Å². The monoisotopic (exact) mass is 376 g/mol. The second kappa shape index (κ2) is 8.83. The second-order valence-corrected chi connectivity index (χ2v) is 7.43. The minimum absolute atomic E-state index is 0.0184. The number of amides is 1. The van der Waals surface area contributed by atoms with Gasteiger partial charge in [0.25, 0.3) is 0 Å². The van der Waals surface area contributed by atoms with Crippen LogP contribution in [-0.4, -0.2) is 49.9 Å². The van der Waals surface area contributed by atoms with Gasteiger partial charge in [0.1, 0.15) is 25.5 Å². The highest BCUT2D eigenvalue weighted by Crippen LogP contribution is 2.32. The van der Waals surface area contributed by atoms with E-state index in [1.165, 1.54) is 11.0 Å². The summed E-state index contributed by atoms with van der Waals surface area (Å²) in [5.41, 5.74) is 0. The number of carbonyl (C=O) groups excluding carboxylic acids is 1. The first kappa shape index (κ1) is 20.7. The Hall–Kier alpha value is -1.64. The highest BCUT2D eigenvalue weighted by Gasteiger charge is 2.33. The molecule has 1 heterocycles. The number of hydrogen-bond acceptors (Lipinski definition) is 4. The zero-order valence-corrected chi connectivity index (χ0v) is 15.2. The van der Waals surface area contributed by atoms with E-state index in [1.807, 2.05) is 0 Å². The van der Waals surface area contributed by atoms with E-state index in [0.29, 0.717) is 0 Å². The molecule has 0 aliphatic heterocycles. The molecule has 148 valence electrons. The van der Waals surface area contributed by atoms with Crippen molar-refractivity contribution in [2.24, 2.45) is 11.8 Å². The van der Waals surface area contributed by atoms with Crippen molar-refractivity contribution < 1.29 is 23.1 Å². The SMILES string of the molecule is CC(C)CN(CC(F)(F)F)C(=O)Cn1cnc(C(O)C2CCCCC2)n1. The van der Waals surface area contributed by atoms with Crippen LogP contribution in [0.25, 0.3) is 0 Å². The number of halogens is 3. The first-order chi connectivity index (χ1) is 12.2. The van der Waals surface area contributed by atoms with Crippen molar-refractivity contribution in [3.05, 3.63) is 12.2 Å². The number of hydrogen-bond donors (Lipinski definition) is 1. The highest BCUT2D eigenvalue weighted by atomic mass is 19.4. The quantitative estimate of drug-likeness (QED) is 0.794. The maximum absolute atomic E-state index is 12.7. The second-order valence-electron chi connectivity index (χ2n) is 7.43. The molecule has 1 aromatic rings. The molecular formula is C17H27F3N4O2. The summed E-state index contributed by atoms with van der Waals surface area (Å²) in [6, 6.07) is 0. The van der Waals surface area contributed by atoms with Crippen LogP contribution >= 0.6 is 0 Å². The van der Waals surface area contributed by atoms with E-state index in [1.54, 1.807) is 13.8 Å². The number of alkyl halides is 3. The Morgan fingerprint density at radius 1 is 1.35 bits per heavy atom. The van der Waals surface area contributed by atoms with Crippen LogP contribution in [0.4, 0.5) is 13.2 Å². The molecule has 0 bridgehead atoms. The fourth-order valence-corrected chi connectivity index (χ4v) is 3.33. The standard InChI is InChI=1S/C17H27F3N4O2/c1-12(2)8-23(10-17(18,19)20)14(25)9-24-11-21-16(22-24)15(26)13-6-4-3-5-7-13/h11-13,15,26H,3-10H2,1-2H3. The van der Waals surface area contributed by atoms with Gasteiger partial charge in [0.05, 0.1) is 0 Å². The topological polar surface area (TPSA) is 71.2 Å². The first-order valence-electron chi connectivity index (χ1n) is 9.07. The summed E-state index contributed by atoms with van der Waals surface area (Å²) in [5, 5.41) is 14.5. The fraction of sp³-hybridized carbons (Fsp3) is 0.824. The highest BCUT2D eigenvalue weighted by molar-refractivity contribution is 5.75. The van der Waals surface area contributed by atoms with Gasteiger partial charge in [-0.05, 0) is 24.7 Å². The lowest BCUT2D eigenvalue weighted by molar-refractivity contribution is -0.162. The van der Waals surface area contributed by atoms with Gasteiger partial charge in [-0.3, -0.25) is 4.79 Å². The molecule has 9 heteroatoms. The molecule has 1 aromatic heterocycles. The van der Waals surface area contributed by atoms with Gasteiger partial charge >= 0.3 is 6.18 Å². The molecule has 1 unspecified atom stereocenters. The molecule has 0 saturated heterocycles. The van der Waals surface area contributed by atoms with Gasteiger partial charge in [-0.2, -0.15) is 18.3 Å². The predicted molar refractivity (Wildman–Crippen MR) is 89.0 cm³/mol. The predicted octanol–water partition coefficient (Wildman–Crippen LogP) is 2.94. The van der Waals surface area contributed by atoms with Crippen molar-refractivity contribution in [3.8, 4) is 0 Å². The molecule has 1 aliphatic carbocycles. The summed E-state index contributed by atoms with van der Waals surface area (Å²) >= 11 is 0. The summed E-state index contributed by atoms with van der Waals surface area (Å²) in [6.07, 6.45) is 1.13. The summed E-state index contributed by atoms with van der Waals surface area (Å²) in [7, 11) is 0. The van der Waals surface area contributed by atoms with Crippen LogP contribution in [0.3, 0.4) is 0 Å². The van der Waals surface area contributed by atoms with E-state index in [4.69, 9.17) is 0 Å². The van der Waals surface area contributed by atoms with Crippen molar-refractivity contribution in [2.75, 3.05) is 13.1 Å². The van der Waals surface area contributed by atoms with Crippen LogP contribution in [0.15, 0.2) is 6.33 Å². The average molecular weight is 376 g/mol. The number of aromatic nitrogens is 3. The molecule has 1 amide bonds. The third-order valence-corrected chi connectivity index (χ3v) is 4.52. The molecule has 0 spiro atoms. The van der Waals surface area contributed by atoms with Gasteiger partial charge in [-0.25, -0.2) is 9.67 Å². The van der Waals surface area contributed by atoms with Gasteiger partial charge in [0.15, 0.2) is 5.82 Å². The van der Waals surface area contributed by atoms with Crippen LogP contribution in [0.1, 0.15) is 57.9 Å². The maximum Gasteiger partial charge on any atom is 0.406 e. The Labute approximate surface area is 151 Å². The average Bonchev–Trinajstić information content (AvgIpc) is 3.01. The maximum atomic E-state index is 12.7. The Morgan fingerprint density at radius 3 is 2.58 bits per heavy atom. The molecule has 1 saturated carbocycles. The molecule has 1 aliphatic rings. The molecule has 26 heavy (non-hydrogen) atoms. The Morgan fingerprint density at radius 2 is 2.00 bits per heavy atom. The zero-order chi connectivity index (χ0) is 19.3. The van der Waals surface area contributed by atoms with Gasteiger partial charge in [-0.15, -0.1) is 0 Å². The van der Waals surface area contributed by atoms with E-state index < -0.39 is 24.7 Å². The Balaban J connectivity index is 2.00. The van der Waals surface area contributed by atoms with Crippen molar-refractivity contribution in [3.63, 3.8) is 0 Å². The Bertz CT molecular complexity index is 583. The normalized spacial score (nSPS) is 17.5. The lowest BCUT2D eigenvalue weighted by Gasteiger charge is -2.25. The van der Waals surface area contributed by atoms with Gasteiger partial charge in [-0.1, -0.05) is 33.1 Å². The number of rotatable bonds is 7. The molecule has 1 fully saturated rings. The molecule has 1 atom stereocenters. The van der Waals surface area contributed by atoms with Gasteiger partial charge in [0, 0.05) is 6.54 Å². The molecule has 6 nitrogen and oxygen atoms in total.